The summed E-state index contributed by atoms with van der Waals surface area (Å²) in [4.78, 5) is 8.54. The van der Waals surface area contributed by atoms with Crippen LogP contribution in [-0.4, -0.2) is 33.8 Å². The molecule has 1 aliphatic carbocycles. The van der Waals surface area contributed by atoms with Crippen LogP contribution in [0.25, 0.3) is 0 Å². The van der Waals surface area contributed by atoms with E-state index in [0.717, 1.165) is 17.0 Å². The van der Waals surface area contributed by atoms with Crippen LogP contribution in [0.5, 0.6) is 0 Å². The van der Waals surface area contributed by atoms with Crippen LogP contribution in [-0.2, 0) is 6.42 Å². The molecule has 0 amide bonds. The third-order valence-electron chi connectivity index (χ3n) is 3.95. The van der Waals surface area contributed by atoms with Gasteiger partial charge < -0.3 is 15.7 Å². The van der Waals surface area contributed by atoms with E-state index in [1.54, 1.807) is 0 Å². The lowest BCUT2D eigenvalue weighted by atomic mass is 9.89. The van der Waals surface area contributed by atoms with Crippen LogP contribution in [0.3, 0.4) is 0 Å². The highest BCUT2D eigenvalue weighted by Crippen LogP contribution is 2.25. The molecule has 0 bridgehead atoms. The fourth-order valence-corrected chi connectivity index (χ4v) is 2.78. The van der Waals surface area contributed by atoms with Crippen molar-refractivity contribution in [2.24, 2.45) is 0 Å². The maximum atomic E-state index is 9.36. The van der Waals surface area contributed by atoms with Gasteiger partial charge in [0.05, 0.1) is 12.3 Å². The van der Waals surface area contributed by atoms with Gasteiger partial charge in [-0.1, -0.05) is 23.7 Å². The van der Waals surface area contributed by atoms with Gasteiger partial charge in [-0.15, -0.1) is 0 Å². The molecule has 1 saturated carbocycles. The number of nitrogens with one attached hydrogen (secondary N) is 2. The van der Waals surface area contributed by atoms with Crippen molar-refractivity contribution in [1.29, 1.82) is 5.26 Å². The van der Waals surface area contributed by atoms with Gasteiger partial charge in [0, 0.05) is 17.6 Å². The van der Waals surface area contributed by atoms with E-state index >= 15 is 0 Å². The molecule has 1 aromatic carbocycles. The van der Waals surface area contributed by atoms with Crippen molar-refractivity contribution < 1.29 is 5.11 Å². The molecule has 0 spiro atoms. The first kappa shape index (κ1) is 16.5. The van der Waals surface area contributed by atoms with Crippen LogP contribution >= 0.6 is 11.6 Å². The molecule has 3 N–H and O–H groups in total. The second-order valence-corrected chi connectivity index (χ2v) is 6.28. The van der Waals surface area contributed by atoms with Gasteiger partial charge in [-0.05, 0) is 37.0 Å². The highest BCUT2D eigenvalue weighted by molar-refractivity contribution is 6.30. The Morgan fingerprint density at radius 1 is 1.38 bits per heavy atom. The maximum absolute atomic E-state index is 9.36. The molecule has 6 nitrogen and oxygen atoms in total. The summed E-state index contributed by atoms with van der Waals surface area (Å²) in [7, 11) is 0. The number of aromatic nitrogens is 2. The molecular weight excluding hydrogens is 326 g/mol. The molecule has 1 aromatic heterocycles. The number of halogens is 1. The molecule has 2 aromatic rings. The molecule has 7 heteroatoms. The first-order valence-corrected chi connectivity index (χ1v) is 8.22. The molecule has 0 atom stereocenters. The zero-order valence-electron chi connectivity index (χ0n) is 13.0. The van der Waals surface area contributed by atoms with Crippen LogP contribution in [0.1, 0.15) is 24.0 Å². The van der Waals surface area contributed by atoms with E-state index < -0.39 is 0 Å². The summed E-state index contributed by atoms with van der Waals surface area (Å²) in [5.41, 5.74) is 1.53. The largest absolute Gasteiger partial charge is 0.393 e. The SMILES string of the molecule is N#Cc1cnc(NCCc2cccc(Cl)c2)nc1N[C@H]1C[C@H](O)C1. The molecule has 3 rings (SSSR count). The van der Waals surface area contributed by atoms with E-state index in [4.69, 9.17) is 16.9 Å². The van der Waals surface area contributed by atoms with Crippen molar-refractivity contribution in [3.05, 3.63) is 46.6 Å². The van der Waals surface area contributed by atoms with Crippen LogP contribution in [0.15, 0.2) is 30.5 Å². The molecule has 0 radical (unpaired) electrons. The molecule has 1 heterocycles. The first-order valence-electron chi connectivity index (χ1n) is 7.84. The highest BCUT2D eigenvalue weighted by Gasteiger charge is 2.28. The van der Waals surface area contributed by atoms with Crippen LogP contribution in [0.4, 0.5) is 11.8 Å². The van der Waals surface area contributed by atoms with Gasteiger partial charge in [-0.2, -0.15) is 10.2 Å². The predicted octanol–water partition coefficient (Wildman–Crippen LogP) is 2.59. The van der Waals surface area contributed by atoms with Gasteiger partial charge in [-0.3, -0.25) is 0 Å². The summed E-state index contributed by atoms with van der Waals surface area (Å²) in [6.07, 6.45) is 3.39. The maximum Gasteiger partial charge on any atom is 0.224 e. The number of rotatable bonds is 6. The number of nitrogens with zero attached hydrogens (tertiary/aromatic N) is 3. The number of hydrogen-bond donors (Lipinski definition) is 3. The number of nitriles is 1. The fraction of sp³-hybridized carbons (Fsp3) is 0.353. The van der Waals surface area contributed by atoms with Gasteiger partial charge in [0.25, 0.3) is 0 Å². The summed E-state index contributed by atoms with van der Waals surface area (Å²) in [6.45, 7) is 0.661. The van der Waals surface area contributed by atoms with Gasteiger partial charge >= 0.3 is 0 Å². The van der Waals surface area contributed by atoms with E-state index in [1.165, 1.54) is 6.20 Å². The van der Waals surface area contributed by atoms with Crippen LogP contribution in [0.2, 0.25) is 5.02 Å². The molecule has 124 valence electrons. The Labute approximate surface area is 145 Å². The Kier molecular flexibility index (Phi) is 5.14. The number of aliphatic hydroxyl groups excluding tert-OH is 1. The van der Waals surface area contributed by atoms with E-state index in [2.05, 4.69) is 26.7 Å². The molecule has 0 aliphatic heterocycles. The monoisotopic (exact) mass is 343 g/mol. The predicted molar refractivity (Wildman–Crippen MR) is 93.0 cm³/mol. The number of hydrogen-bond acceptors (Lipinski definition) is 6. The quantitative estimate of drug-likeness (QED) is 0.746. The fourth-order valence-electron chi connectivity index (χ4n) is 2.57. The Morgan fingerprint density at radius 3 is 2.92 bits per heavy atom. The normalized spacial score (nSPS) is 19.2. The zero-order valence-corrected chi connectivity index (χ0v) is 13.8. The van der Waals surface area contributed by atoms with E-state index in [0.29, 0.717) is 36.7 Å². The van der Waals surface area contributed by atoms with Crippen molar-refractivity contribution in [2.75, 3.05) is 17.2 Å². The van der Waals surface area contributed by atoms with Crippen LogP contribution in [0, 0.1) is 11.3 Å². The number of anilines is 2. The average Bonchev–Trinajstić information content (AvgIpc) is 2.54. The van der Waals surface area contributed by atoms with Crippen molar-refractivity contribution in [3.63, 3.8) is 0 Å². The number of benzene rings is 1. The molecule has 1 fully saturated rings. The highest BCUT2D eigenvalue weighted by atomic mass is 35.5. The zero-order chi connectivity index (χ0) is 16.9. The van der Waals surface area contributed by atoms with Crippen molar-refractivity contribution in [3.8, 4) is 6.07 Å². The van der Waals surface area contributed by atoms with Crippen LogP contribution < -0.4 is 10.6 Å². The molecule has 0 saturated heterocycles. The minimum Gasteiger partial charge on any atom is -0.393 e. The lowest BCUT2D eigenvalue weighted by molar-refractivity contribution is 0.0835. The molecule has 24 heavy (non-hydrogen) atoms. The minimum atomic E-state index is -0.259. The summed E-state index contributed by atoms with van der Waals surface area (Å²) >= 11 is 5.97. The second kappa shape index (κ2) is 7.47. The topological polar surface area (TPSA) is 93.9 Å². The molecule has 0 unspecified atom stereocenters. The van der Waals surface area contributed by atoms with Crippen molar-refractivity contribution in [2.45, 2.75) is 31.4 Å². The summed E-state index contributed by atoms with van der Waals surface area (Å²) in [5.74, 6) is 0.980. The third kappa shape index (κ3) is 4.13. The van der Waals surface area contributed by atoms with Gasteiger partial charge in [0.1, 0.15) is 17.5 Å². The Morgan fingerprint density at radius 2 is 2.21 bits per heavy atom. The minimum absolute atomic E-state index is 0.154. The average molecular weight is 344 g/mol. The number of aliphatic hydroxyl groups is 1. The first-order chi connectivity index (χ1) is 11.6. The van der Waals surface area contributed by atoms with E-state index in [9.17, 15) is 5.11 Å². The Balaban J connectivity index is 1.60. The van der Waals surface area contributed by atoms with Crippen molar-refractivity contribution >= 4 is 23.4 Å². The summed E-state index contributed by atoms with van der Waals surface area (Å²) in [5, 5.41) is 25.6. The lowest BCUT2D eigenvalue weighted by Crippen LogP contribution is -2.39. The smallest absolute Gasteiger partial charge is 0.224 e. The molecule has 1 aliphatic rings. The Bertz CT molecular complexity index is 755. The summed E-state index contributed by atoms with van der Waals surface area (Å²) < 4.78 is 0. The Hall–Kier alpha value is -2.36. The van der Waals surface area contributed by atoms with E-state index in [-0.39, 0.29) is 12.1 Å². The summed E-state index contributed by atoms with van der Waals surface area (Å²) in [6, 6.07) is 9.95. The van der Waals surface area contributed by atoms with Gasteiger partial charge in [0.2, 0.25) is 5.95 Å². The standard InChI is InChI=1S/C17H18ClN5O/c18-13-3-1-2-11(6-13)4-5-20-17-21-10-12(9-19)16(23-17)22-14-7-15(24)8-14/h1-3,6,10,14-15,24H,4-5,7-8H2,(H2,20,21,22,23)/t14-,15-. The van der Waals surface area contributed by atoms with Gasteiger partial charge in [0.15, 0.2) is 0 Å². The van der Waals surface area contributed by atoms with E-state index in [1.807, 2.05) is 24.3 Å². The molecular formula is C17H18ClN5O. The lowest BCUT2D eigenvalue weighted by Gasteiger charge is -2.32. The second-order valence-electron chi connectivity index (χ2n) is 5.84. The van der Waals surface area contributed by atoms with Crippen molar-refractivity contribution in [1.82, 2.24) is 9.97 Å². The van der Waals surface area contributed by atoms with Gasteiger partial charge in [-0.25, -0.2) is 4.98 Å². The third-order valence-corrected chi connectivity index (χ3v) is 4.18.